The molecule has 0 saturated carbocycles. The van der Waals surface area contributed by atoms with Crippen molar-refractivity contribution in [3.63, 3.8) is 0 Å². The lowest BCUT2D eigenvalue weighted by Crippen LogP contribution is -2.45. The lowest BCUT2D eigenvalue weighted by molar-refractivity contribution is -0.117. The zero-order valence-corrected chi connectivity index (χ0v) is 18.8. The van der Waals surface area contributed by atoms with Crippen molar-refractivity contribution in [2.75, 3.05) is 12.4 Å². The fourth-order valence-electron chi connectivity index (χ4n) is 2.87. The average molecular weight is 479 g/mol. The minimum Gasteiger partial charge on any atom is -0.495 e. The molecule has 3 aromatic carbocycles. The highest BCUT2D eigenvalue weighted by molar-refractivity contribution is 7.89. The van der Waals surface area contributed by atoms with Gasteiger partial charge in [0.1, 0.15) is 11.8 Å². The summed E-state index contributed by atoms with van der Waals surface area (Å²) >= 11 is 12.0. The van der Waals surface area contributed by atoms with E-state index in [0.717, 1.165) is 5.56 Å². The Balaban J connectivity index is 1.87. The molecule has 3 aromatic rings. The number of halogens is 2. The number of ether oxygens (including phenoxy) is 1. The highest BCUT2D eigenvalue weighted by Crippen LogP contribution is 2.27. The van der Waals surface area contributed by atoms with Crippen LogP contribution in [0, 0.1) is 0 Å². The molecular formula is C22H20Cl2N2O4S. The second-order valence-corrected chi connectivity index (χ2v) is 9.21. The van der Waals surface area contributed by atoms with E-state index in [0.29, 0.717) is 16.5 Å². The minimum atomic E-state index is -4.04. The first-order valence-corrected chi connectivity index (χ1v) is 11.5. The van der Waals surface area contributed by atoms with Crippen LogP contribution >= 0.6 is 23.2 Å². The molecule has 0 radical (unpaired) electrons. The maximum atomic E-state index is 13.0. The van der Waals surface area contributed by atoms with Crippen LogP contribution in [-0.4, -0.2) is 27.5 Å². The number of methoxy groups -OCH3 is 1. The first-order valence-electron chi connectivity index (χ1n) is 9.25. The van der Waals surface area contributed by atoms with Crippen molar-refractivity contribution < 1.29 is 17.9 Å². The number of carbonyl (C=O) groups excluding carboxylic acids is 1. The summed E-state index contributed by atoms with van der Waals surface area (Å²) in [5.74, 6) is -0.156. The number of anilines is 1. The largest absolute Gasteiger partial charge is 0.495 e. The summed E-state index contributed by atoms with van der Waals surface area (Å²) in [6.45, 7) is 0. The average Bonchev–Trinajstić information content (AvgIpc) is 2.75. The number of hydrogen-bond donors (Lipinski definition) is 2. The Labute approximate surface area is 191 Å². The first kappa shape index (κ1) is 23.1. The van der Waals surface area contributed by atoms with Gasteiger partial charge in [-0.15, -0.1) is 0 Å². The van der Waals surface area contributed by atoms with Crippen LogP contribution in [0.15, 0.2) is 77.7 Å². The molecule has 3 rings (SSSR count). The summed E-state index contributed by atoms with van der Waals surface area (Å²) in [7, 11) is -2.61. The first-order chi connectivity index (χ1) is 14.8. The van der Waals surface area contributed by atoms with Crippen LogP contribution in [0.4, 0.5) is 5.69 Å². The molecular weight excluding hydrogens is 459 g/mol. The number of carbonyl (C=O) groups is 1. The van der Waals surface area contributed by atoms with Gasteiger partial charge in [-0.3, -0.25) is 4.79 Å². The van der Waals surface area contributed by atoms with E-state index in [2.05, 4.69) is 10.0 Å². The summed E-state index contributed by atoms with van der Waals surface area (Å²) in [6, 6.07) is 18.7. The zero-order valence-electron chi connectivity index (χ0n) is 16.5. The number of nitrogens with one attached hydrogen (secondary N) is 2. The molecule has 0 aromatic heterocycles. The van der Waals surface area contributed by atoms with Gasteiger partial charge in [-0.1, -0.05) is 53.5 Å². The summed E-state index contributed by atoms with van der Waals surface area (Å²) in [4.78, 5) is 12.9. The number of benzene rings is 3. The van der Waals surface area contributed by atoms with Crippen LogP contribution in [0.3, 0.4) is 0 Å². The maximum Gasteiger partial charge on any atom is 0.242 e. The van der Waals surface area contributed by atoms with Crippen molar-refractivity contribution in [2.45, 2.75) is 17.4 Å². The highest BCUT2D eigenvalue weighted by atomic mass is 35.5. The Morgan fingerprint density at radius 2 is 1.68 bits per heavy atom. The molecule has 9 heteroatoms. The van der Waals surface area contributed by atoms with Gasteiger partial charge in [-0.25, -0.2) is 8.42 Å². The second kappa shape index (κ2) is 10.2. The van der Waals surface area contributed by atoms with E-state index >= 15 is 0 Å². The van der Waals surface area contributed by atoms with E-state index in [9.17, 15) is 13.2 Å². The van der Waals surface area contributed by atoms with Crippen molar-refractivity contribution in [1.82, 2.24) is 4.72 Å². The van der Waals surface area contributed by atoms with Crippen LogP contribution in [-0.2, 0) is 21.2 Å². The molecule has 0 heterocycles. The summed E-state index contributed by atoms with van der Waals surface area (Å²) in [5.41, 5.74) is 1.30. The fraction of sp³-hybridized carbons (Fsp3) is 0.136. The van der Waals surface area contributed by atoms with Gasteiger partial charge < -0.3 is 10.1 Å². The predicted octanol–water partition coefficient (Wildman–Crippen LogP) is 4.53. The van der Waals surface area contributed by atoms with Gasteiger partial charge >= 0.3 is 0 Å². The highest BCUT2D eigenvalue weighted by Gasteiger charge is 2.27. The molecule has 6 nitrogen and oxygen atoms in total. The standard InChI is InChI=1S/C22H20Cl2N2O4S/c1-30-21-12-11-18(14-19(21)24)31(28,29)26-20(13-15-5-3-2-4-6-15)22(27)25-17-9-7-16(23)8-10-17/h2-12,14,20,26H,13H2,1H3,(H,25,27)/t20-/m1/s1. The lowest BCUT2D eigenvalue weighted by atomic mass is 10.1. The van der Waals surface area contributed by atoms with Crippen LogP contribution in [0.2, 0.25) is 10.0 Å². The Morgan fingerprint density at radius 3 is 2.29 bits per heavy atom. The number of rotatable bonds is 8. The third kappa shape index (κ3) is 6.21. The normalized spacial score (nSPS) is 12.2. The molecule has 0 aliphatic carbocycles. The molecule has 31 heavy (non-hydrogen) atoms. The third-order valence-electron chi connectivity index (χ3n) is 4.44. The molecule has 0 unspecified atom stereocenters. The van der Waals surface area contributed by atoms with Gasteiger partial charge in [0, 0.05) is 10.7 Å². The smallest absolute Gasteiger partial charge is 0.242 e. The maximum absolute atomic E-state index is 13.0. The fourth-order valence-corrected chi connectivity index (χ4v) is 4.54. The molecule has 0 fully saturated rings. The summed E-state index contributed by atoms with van der Waals surface area (Å²) < 4.78 is 33.5. The lowest BCUT2D eigenvalue weighted by Gasteiger charge is -2.19. The molecule has 1 amide bonds. The van der Waals surface area contributed by atoms with E-state index < -0.39 is 22.0 Å². The number of sulfonamides is 1. The summed E-state index contributed by atoms with van der Waals surface area (Å²) in [5, 5.41) is 3.40. The SMILES string of the molecule is COc1ccc(S(=O)(=O)N[C@H](Cc2ccccc2)C(=O)Nc2ccc(Cl)cc2)cc1Cl. The van der Waals surface area contributed by atoms with E-state index in [-0.39, 0.29) is 16.3 Å². The van der Waals surface area contributed by atoms with Crippen LogP contribution in [0.5, 0.6) is 5.75 Å². The van der Waals surface area contributed by atoms with Gasteiger partial charge in [0.25, 0.3) is 0 Å². The van der Waals surface area contributed by atoms with E-state index in [1.807, 2.05) is 30.3 Å². The number of amides is 1. The number of hydrogen-bond acceptors (Lipinski definition) is 4. The van der Waals surface area contributed by atoms with E-state index in [1.165, 1.54) is 25.3 Å². The molecule has 0 spiro atoms. The van der Waals surface area contributed by atoms with Crippen molar-refractivity contribution >= 4 is 44.8 Å². The van der Waals surface area contributed by atoms with Gasteiger partial charge in [-0.05, 0) is 54.4 Å². The van der Waals surface area contributed by atoms with Crippen molar-refractivity contribution in [3.8, 4) is 5.75 Å². The minimum absolute atomic E-state index is 0.0735. The molecule has 0 aliphatic heterocycles. The van der Waals surface area contributed by atoms with Crippen LogP contribution < -0.4 is 14.8 Å². The second-order valence-electron chi connectivity index (χ2n) is 6.66. The quantitative estimate of drug-likeness (QED) is 0.497. The van der Waals surface area contributed by atoms with Gasteiger partial charge in [0.05, 0.1) is 17.0 Å². The van der Waals surface area contributed by atoms with Crippen molar-refractivity contribution in [2.24, 2.45) is 0 Å². The molecule has 0 bridgehead atoms. The van der Waals surface area contributed by atoms with Gasteiger partial charge in [0.15, 0.2) is 0 Å². The Morgan fingerprint density at radius 1 is 1.00 bits per heavy atom. The van der Waals surface area contributed by atoms with Crippen molar-refractivity contribution in [3.05, 3.63) is 88.4 Å². The van der Waals surface area contributed by atoms with Crippen LogP contribution in [0.25, 0.3) is 0 Å². The Kier molecular flexibility index (Phi) is 7.56. The van der Waals surface area contributed by atoms with Crippen LogP contribution in [0.1, 0.15) is 5.56 Å². The molecule has 2 N–H and O–H groups in total. The van der Waals surface area contributed by atoms with E-state index in [1.54, 1.807) is 24.3 Å². The Hall–Kier alpha value is -2.58. The van der Waals surface area contributed by atoms with Crippen molar-refractivity contribution in [1.29, 1.82) is 0 Å². The zero-order chi connectivity index (χ0) is 22.4. The molecule has 162 valence electrons. The predicted molar refractivity (Wildman–Crippen MR) is 122 cm³/mol. The third-order valence-corrected chi connectivity index (χ3v) is 6.46. The monoisotopic (exact) mass is 478 g/mol. The van der Waals surface area contributed by atoms with Gasteiger partial charge in [0.2, 0.25) is 15.9 Å². The molecule has 1 atom stereocenters. The molecule has 0 saturated heterocycles. The van der Waals surface area contributed by atoms with E-state index in [4.69, 9.17) is 27.9 Å². The molecule has 0 aliphatic rings. The van der Waals surface area contributed by atoms with Gasteiger partial charge in [-0.2, -0.15) is 4.72 Å². The topological polar surface area (TPSA) is 84.5 Å². The summed E-state index contributed by atoms with van der Waals surface area (Å²) in [6.07, 6.45) is 0.156. The Bertz CT molecular complexity index is 1150.